The fourth-order valence-electron chi connectivity index (χ4n) is 4.70. The van der Waals surface area contributed by atoms with E-state index in [4.69, 9.17) is 9.47 Å². The van der Waals surface area contributed by atoms with Crippen molar-refractivity contribution >= 4 is 11.9 Å². The number of amides is 1. The van der Waals surface area contributed by atoms with Crippen molar-refractivity contribution in [2.45, 2.75) is 127 Å². The molecule has 2 rings (SSSR count). The molecule has 1 amide bonds. The van der Waals surface area contributed by atoms with Gasteiger partial charge in [0.05, 0.1) is 6.04 Å². The molecule has 1 N–H and O–H groups in total. The fourth-order valence-corrected chi connectivity index (χ4v) is 4.70. The number of alkyl halides is 3. The van der Waals surface area contributed by atoms with Gasteiger partial charge in [0.1, 0.15) is 6.10 Å². The summed E-state index contributed by atoms with van der Waals surface area (Å²) in [6, 6.07) is 6.24. The second kappa shape index (κ2) is 17.4. The van der Waals surface area contributed by atoms with Crippen molar-refractivity contribution in [2.75, 3.05) is 7.11 Å². The zero-order valence-corrected chi connectivity index (χ0v) is 23.6. The van der Waals surface area contributed by atoms with Gasteiger partial charge in [-0.05, 0) is 32.1 Å². The van der Waals surface area contributed by atoms with E-state index >= 15 is 0 Å². The molecule has 5 nitrogen and oxygen atoms in total. The number of halogens is 3. The number of carbonyl (C=O) groups excluding carboxylic acids is 2. The SMILES string of the molecule is CCCCCCCC/C=C\CCCCCCCC(=O)N[C@@H]1C[C@@H]1OC(=O)[C@@](OC)(c1ccccc1)C(F)(F)F. The van der Waals surface area contributed by atoms with Gasteiger partial charge in [-0.3, -0.25) is 4.79 Å². The number of benzene rings is 1. The Kier molecular flexibility index (Phi) is 14.6. The second-order valence-corrected chi connectivity index (χ2v) is 10.4. The number of methoxy groups -OCH3 is 1. The van der Waals surface area contributed by atoms with Gasteiger partial charge in [0.25, 0.3) is 5.60 Å². The molecule has 0 saturated heterocycles. The summed E-state index contributed by atoms with van der Waals surface area (Å²) >= 11 is 0. The third-order valence-corrected chi connectivity index (χ3v) is 7.18. The van der Waals surface area contributed by atoms with Crippen LogP contribution in [0.1, 0.15) is 109 Å². The monoisotopic (exact) mass is 553 g/mol. The lowest BCUT2D eigenvalue weighted by Crippen LogP contribution is -2.52. The van der Waals surface area contributed by atoms with E-state index in [-0.39, 0.29) is 17.9 Å². The zero-order valence-electron chi connectivity index (χ0n) is 23.6. The largest absolute Gasteiger partial charge is 0.457 e. The molecule has 1 aromatic rings. The number of ether oxygens (including phenoxy) is 2. The summed E-state index contributed by atoms with van der Waals surface area (Å²) in [6.45, 7) is 2.24. The summed E-state index contributed by atoms with van der Waals surface area (Å²) < 4.78 is 51.8. The maximum atomic E-state index is 14.0. The predicted molar refractivity (Wildman–Crippen MR) is 147 cm³/mol. The topological polar surface area (TPSA) is 64.6 Å². The third kappa shape index (κ3) is 11.0. The first-order chi connectivity index (χ1) is 18.8. The minimum Gasteiger partial charge on any atom is -0.457 e. The molecule has 1 fully saturated rings. The molecule has 0 aliphatic heterocycles. The predicted octanol–water partition coefficient (Wildman–Crippen LogP) is 7.93. The first-order valence-corrected chi connectivity index (χ1v) is 14.6. The molecule has 1 aromatic carbocycles. The Bertz CT molecular complexity index is 874. The molecule has 1 aliphatic carbocycles. The Morgan fingerprint density at radius 3 is 2.03 bits per heavy atom. The summed E-state index contributed by atoms with van der Waals surface area (Å²) in [6.07, 6.45) is 14.7. The quantitative estimate of drug-likeness (QED) is 0.101. The zero-order chi connectivity index (χ0) is 28.6. The number of nitrogens with one attached hydrogen (secondary N) is 1. The molecule has 1 saturated carbocycles. The standard InChI is InChI=1S/C31H46F3NO4/c1-3-4-5-6-7-8-9-10-11-12-13-14-15-16-20-23-28(36)35-26-24-27(26)39-29(37)30(38-2,31(32,33)34)25-21-18-17-19-22-25/h10-11,17-19,21-22,26-27H,3-9,12-16,20,23-24H2,1-2H3,(H,35,36)/b11-10-/t26-,27+,30+/m1/s1. The van der Waals surface area contributed by atoms with E-state index in [0.29, 0.717) is 6.42 Å². The fraction of sp³-hybridized carbons (Fsp3) is 0.677. The van der Waals surface area contributed by atoms with Crippen molar-refractivity contribution in [3.8, 4) is 0 Å². The number of rotatable bonds is 20. The number of carbonyl (C=O) groups is 2. The van der Waals surface area contributed by atoms with Gasteiger partial charge in [0.2, 0.25) is 5.91 Å². The molecule has 220 valence electrons. The summed E-state index contributed by atoms with van der Waals surface area (Å²) in [5.74, 6) is -1.70. The van der Waals surface area contributed by atoms with Crippen molar-refractivity contribution in [1.29, 1.82) is 0 Å². The van der Waals surface area contributed by atoms with E-state index in [0.717, 1.165) is 45.6 Å². The van der Waals surface area contributed by atoms with Crippen LogP contribution in [0, 0.1) is 0 Å². The molecule has 0 unspecified atom stereocenters. The Hall–Kier alpha value is -2.35. The van der Waals surface area contributed by atoms with Crippen molar-refractivity contribution in [2.24, 2.45) is 0 Å². The van der Waals surface area contributed by atoms with Gasteiger partial charge in [0, 0.05) is 25.5 Å². The minimum atomic E-state index is -5.02. The van der Waals surface area contributed by atoms with E-state index in [9.17, 15) is 22.8 Å². The first kappa shape index (κ1) is 32.9. The molecule has 0 radical (unpaired) electrons. The number of unbranched alkanes of at least 4 members (excludes halogenated alkanes) is 11. The Labute approximate surface area is 231 Å². The highest BCUT2D eigenvalue weighted by Crippen LogP contribution is 2.44. The van der Waals surface area contributed by atoms with Crippen LogP contribution in [0.15, 0.2) is 42.5 Å². The highest BCUT2D eigenvalue weighted by atomic mass is 19.4. The van der Waals surface area contributed by atoms with Crippen LogP contribution in [-0.2, 0) is 24.7 Å². The van der Waals surface area contributed by atoms with E-state index in [1.54, 1.807) is 6.07 Å². The maximum Gasteiger partial charge on any atom is 0.432 e. The van der Waals surface area contributed by atoms with Gasteiger partial charge in [-0.1, -0.05) is 101 Å². The van der Waals surface area contributed by atoms with Gasteiger partial charge < -0.3 is 14.8 Å². The second-order valence-electron chi connectivity index (χ2n) is 10.4. The highest BCUT2D eigenvalue weighted by Gasteiger charge is 2.65. The summed E-state index contributed by atoms with van der Waals surface area (Å²) in [5, 5.41) is 2.76. The first-order valence-electron chi connectivity index (χ1n) is 14.6. The van der Waals surface area contributed by atoms with Crippen LogP contribution in [0.2, 0.25) is 0 Å². The number of allylic oxidation sites excluding steroid dienone is 2. The molecule has 0 aromatic heterocycles. The average Bonchev–Trinajstić information content (AvgIpc) is 3.63. The Morgan fingerprint density at radius 2 is 1.46 bits per heavy atom. The molecular formula is C31H46F3NO4. The maximum absolute atomic E-state index is 14.0. The molecule has 3 atom stereocenters. The lowest BCUT2D eigenvalue weighted by Gasteiger charge is -2.32. The Balaban J connectivity index is 1.57. The number of hydrogen-bond donors (Lipinski definition) is 1. The molecule has 1 aliphatic rings. The molecule has 8 heteroatoms. The highest BCUT2D eigenvalue weighted by molar-refractivity contribution is 5.83. The summed E-state index contributed by atoms with van der Waals surface area (Å²) in [7, 11) is 0.835. The summed E-state index contributed by atoms with van der Waals surface area (Å²) in [4.78, 5) is 24.9. The van der Waals surface area contributed by atoms with E-state index < -0.39 is 29.9 Å². The van der Waals surface area contributed by atoms with E-state index in [1.807, 2.05) is 0 Å². The lowest BCUT2D eigenvalue weighted by molar-refractivity contribution is -0.277. The molecule has 39 heavy (non-hydrogen) atoms. The van der Waals surface area contributed by atoms with E-state index in [2.05, 4.69) is 24.4 Å². The minimum absolute atomic E-state index is 0.173. The molecule has 0 heterocycles. The third-order valence-electron chi connectivity index (χ3n) is 7.18. The van der Waals surface area contributed by atoms with Crippen molar-refractivity contribution in [3.05, 3.63) is 48.0 Å². The van der Waals surface area contributed by atoms with Crippen LogP contribution in [-0.4, -0.2) is 37.3 Å². The van der Waals surface area contributed by atoms with Crippen LogP contribution in [0.3, 0.4) is 0 Å². The van der Waals surface area contributed by atoms with Crippen LogP contribution >= 0.6 is 0 Å². The van der Waals surface area contributed by atoms with Crippen molar-refractivity contribution < 1.29 is 32.2 Å². The van der Waals surface area contributed by atoms with Gasteiger partial charge in [-0.2, -0.15) is 13.2 Å². The molecule has 0 spiro atoms. The lowest BCUT2D eigenvalue weighted by atomic mass is 9.93. The van der Waals surface area contributed by atoms with Crippen molar-refractivity contribution in [3.63, 3.8) is 0 Å². The van der Waals surface area contributed by atoms with Gasteiger partial charge >= 0.3 is 12.1 Å². The van der Waals surface area contributed by atoms with Gasteiger partial charge in [0.15, 0.2) is 0 Å². The smallest absolute Gasteiger partial charge is 0.432 e. The average molecular weight is 554 g/mol. The summed E-state index contributed by atoms with van der Waals surface area (Å²) in [5.41, 5.74) is -3.56. The number of esters is 1. The Morgan fingerprint density at radius 1 is 0.897 bits per heavy atom. The normalized spacial score (nSPS) is 18.6. The van der Waals surface area contributed by atoms with Crippen LogP contribution in [0.25, 0.3) is 0 Å². The molecular weight excluding hydrogens is 507 g/mol. The van der Waals surface area contributed by atoms with Crippen LogP contribution in [0.5, 0.6) is 0 Å². The van der Waals surface area contributed by atoms with Gasteiger partial charge in [-0.25, -0.2) is 4.79 Å². The van der Waals surface area contributed by atoms with E-state index in [1.165, 1.54) is 69.2 Å². The van der Waals surface area contributed by atoms with Crippen LogP contribution < -0.4 is 5.32 Å². The van der Waals surface area contributed by atoms with Crippen LogP contribution in [0.4, 0.5) is 13.2 Å². The number of hydrogen-bond acceptors (Lipinski definition) is 4. The molecule has 0 bridgehead atoms. The van der Waals surface area contributed by atoms with Crippen molar-refractivity contribution in [1.82, 2.24) is 5.32 Å². The van der Waals surface area contributed by atoms with Gasteiger partial charge in [-0.15, -0.1) is 0 Å².